The van der Waals surface area contributed by atoms with E-state index in [9.17, 15) is 5.11 Å². The van der Waals surface area contributed by atoms with Crippen molar-refractivity contribution in [1.82, 2.24) is 9.97 Å². The van der Waals surface area contributed by atoms with Gasteiger partial charge in [-0.15, -0.1) is 0 Å². The SMILES string of the molecule is Cc1cnc(C)c(N[C@H]2CCc3c(O)cccc32)n1. The van der Waals surface area contributed by atoms with Crippen LogP contribution in [0.4, 0.5) is 5.82 Å². The molecule has 0 bridgehead atoms. The van der Waals surface area contributed by atoms with E-state index in [1.165, 1.54) is 5.56 Å². The molecule has 0 aliphatic heterocycles. The molecule has 4 nitrogen and oxygen atoms in total. The van der Waals surface area contributed by atoms with Crippen LogP contribution in [0, 0.1) is 13.8 Å². The highest BCUT2D eigenvalue weighted by Crippen LogP contribution is 2.38. The van der Waals surface area contributed by atoms with Crippen molar-refractivity contribution in [3.63, 3.8) is 0 Å². The number of benzene rings is 1. The van der Waals surface area contributed by atoms with Crippen LogP contribution >= 0.6 is 0 Å². The molecule has 0 saturated heterocycles. The maximum absolute atomic E-state index is 9.86. The summed E-state index contributed by atoms with van der Waals surface area (Å²) in [5.74, 6) is 1.23. The lowest BCUT2D eigenvalue weighted by Gasteiger charge is -2.16. The summed E-state index contributed by atoms with van der Waals surface area (Å²) in [6.07, 6.45) is 3.65. The van der Waals surface area contributed by atoms with Crippen molar-refractivity contribution in [3.05, 3.63) is 46.9 Å². The summed E-state index contributed by atoms with van der Waals surface area (Å²) in [6.45, 7) is 3.89. The van der Waals surface area contributed by atoms with Gasteiger partial charge >= 0.3 is 0 Å². The van der Waals surface area contributed by atoms with E-state index >= 15 is 0 Å². The second kappa shape index (κ2) is 4.53. The Labute approximate surface area is 112 Å². The van der Waals surface area contributed by atoms with Gasteiger partial charge in [0, 0.05) is 6.20 Å². The van der Waals surface area contributed by atoms with Gasteiger partial charge in [0.05, 0.1) is 17.4 Å². The summed E-state index contributed by atoms with van der Waals surface area (Å²) in [5, 5.41) is 13.3. The third-order valence-electron chi connectivity index (χ3n) is 3.63. The number of hydrogen-bond acceptors (Lipinski definition) is 4. The van der Waals surface area contributed by atoms with Gasteiger partial charge in [0.15, 0.2) is 0 Å². The average Bonchev–Trinajstić information content (AvgIpc) is 2.79. The second-order valence-corrected chi connectivity index (χ2v) is 5.03. The minimum Gasteiger partial charge on any atom is -0.508 e. The van der Waals surface area contributed by atoms with Gasteiger partial charge in [-0.1, -0.05) is 12.1 Å². The van der Waals surface area contributed by atoms with E-state index in [-0.39, 0.29) is 6.04 Å². The maximum atomic E-state index is 9.86. The van der Waals surface area contributed by atoms with Gasteiger partial charge in [-0.3, -0.25) is 4.98 Å². The van der Waals surface area contributed by atoms with Crippen molar-refractivity contribution in [3.8, 4) is 5.75 Å². The quantitative estimate of drug-likeness (QED) is 0.866. The molecule has 2 aromatic rings. The molecule has 3 rings (SSSR count). The molecule has 1 aromatic heterocycles. The van der Waals surface area contributed by atoms with E-state index in [0.29, 0.717) is 5.75 Å². The van der Waals surface area contributed by atoms with Crippen molar-refractivity contribution in [1.29, 1.82) is 0 Å². The number of anilines is 1. The average molecular weight is 255 g/mol. The zero-order valence-electron chi connectivity index (χ0n) is 11.1. The largest absolute Gasteiger partial charge is 0.508 e. The number of phenols is 1. The highest BCUT2D eigenvalue weighted by atomic mass is 16.3. The van der Waals surface area contributed by atoms with Crippen LogP contribution in [0.2, 0.25) is 0 Å². The normalized spacial score (nSPS) is 17.3. The van der Waals surface area contributed by atoms with Gasteiger partial charge < -0.3 is 10.4 Å². The van der Waals surface area contributed by atoms with Gasteiger partial charge in [-0.05, 0) is 43.9 Å². The summed E-state index contributed by atoms with van der Waals surface area (Å²) in [5.41, 5.74) is 4.03. The first-order valence-corrected chi connectivity index (χ1v) is 6.52. The molecule has 19 heavy (non-hydrogen) atoms. The smallest absolute Gasteiger partial charge is 0.148 e. The molecule has 0 saturated carbocycles. The minimum atomic E-state index is 0.205. The molecule has 0 fully saturated rings. The molecule has 1 atom stereocenters. The highest BCUT2D eigenvalue weighted by Gasteiger charge is 2.25. The number of nitrogens with one attached hydrogen (secondary N) is 1. The van der Waals surface area contributed by atoms with Crippen molar-refractivity contribution in [2.45, 2.75) is 32.7 Å². The molecule has 1 aliphatic rings. The Morgan fingerprint density at radius 3 is 3.00 bits per heavy atom. The van der Waals surface area contributed by atoms with Crippen LogP contribution in [0.5, 0.6) is 5.75 Å². The molecule has 0 amide bonds. The maximum Gasteiger partial charge on any atom is 0.148 e. The number of rotatable bonds is 2. The predicted molar refractivity (Wildman–Crippen MR) is 74.3 cm³/mol. The van der Waals surface area contributed by atoms with Gasteiger partial charge in [-0.25, -0.2) is 4.98 Å². The van der Waals surface area contributed by atoms with E-state index in [1.807, 2.05) is 19.9 Å². The standard InChI is InChI=1S/C15H17N3O/c1-9-8-16-10(2)15(17-9)18-13-7-6-12-11(13)4-3-5-14(12)19/h3-5,8,13,19H,6-7H2,1-2H3,(H,17,18)/t13-/m0/s1. The number of aromatic hydroxyl groups is 1. The summed E-state index contributed by atoms with van der Waals surface area (Å²) < 4.78 is 0. The zero-order valence-corrected chi connectivity index (χ0v) is 11.1. The molecule has 1 heterocycles. The van der Waals surface area contributed by atoms with Crippen LogP contribution in [0.3, 0.4) is 0 Å². The first-order chi connectivity index (χ1) is 9.15. The summed E-state index contributed by atoms with van der Waals surface area (Å²) in [7, 11) is 0. The van der Waals surface area contributed by atoms with E-state index < -0.39 is 0 Å². The molecule has 0 radical (unpaired) electrons. The molecule has 98 valence electrons. The third kappa shape index (κ3) is 2.14. The molecular formula is C15H17N3O. The fourth-order valence-corrected chi connectivity index (χ4v) is 2.62. The Morgan fingerprint density at radius 1 is 1.32 bits per heavy atom. The lowest BCUT2D eigenvalue weighted by Crippen LogP contribution is -2.10. The van der Waals surface area contributed by atoms with Gasteiger partial charge in [0.1, 0.15) is 11.6 Å². The van der Waals surface area contributed by atoms with E-state index in [2.05, 4.69) is 21.4 Å². The molecule has 2 N–H and O–H groups in total. The monoisotopic (exact) mass is 255 g/mol. The van der Waals surface area contributed by atoms with Crippen molar-refractivity contribution < 1.29 is 5.11 Å². The fraction of sp³-hybridized carbons (Fsp3) is 0.333. The summed E-state index contributed by atoms with van der Waals surface area (Å²) >= 11 is 0. The van der Waals surface area contributed by atoms with Crippen LogP contribution < -0.4 is 5.32 Å². The van der Waals surface area contributed by atoms with Gasteiger partial charge in [-0.2, -0.15) is 0 Å². The van der Waals surface area contributed by atoms with Crippen LogP contribution in [-0.2, 0) is 6.42 Å². The first kappa shape index (κ1) is 12.0. The Bertz CT molecular complexity index is 625. The molecule has 0 unspecified atom stereocenters. The number of nitrogens with zero attached hydrogens (tertiary/aromatic N) is 2. The minimum absolute atomic E-state index is 0.205. The van der Waals surface area contributed by atoms with Crippen molar-refractivity contribution >= 4 is 5.82 Å². The first-order valence-electron chi connectivity index (χ1n) is 6.52. The lowest BCUT2D eigenvalue weighted by atomic mass is 10.1. The topological polar surface area (TPSA) is 58.0 Å². The van der Waals surface area contributed by atoms with Crippen LogP contribution in [-0.4, -0.2) is 15.1 Å². The third-order valence-corrected chi connectivity index (χ3v) is 3.63. The van der Waals surface area contributed by atoms with Crippen molar-refractivity contribution in [2.75, 3.05) is 5.32 Å². The molecular weight excluding hydrogens is 238 g/mol. The Morgan fingerprint density at radius 2 is 2.16 bits per heavy atom. The number of fused-ring (bicyclic) bond motifs is 1. The summed E-state index contributed by atoms with van der Waals surface area (Å²) in [6, 6.07) is 5.91. The van der Waals surface area contributed by atoms with Gasteiger partial charge in [0.25, 0.3) is 0 Å². The van der Waals surface area contributed by atoms with Gasteiger partial charge in [0.2, 0.25) is 0 Å². The molecule has 4 heteroatoms. The lowest BCUT2D eigenvalue weighted by molar-refractivity contribution is 0.469. The Balaban J connectivity index is 1.91. The Hall–Kier alpha value is -2.10. The molecule has 1 aromatic carbocycles. The van der Waals surface area contributed by atoms with E-state index in [1.54, 1.807) is 12.3 Å². The van der Waals surface area contributed by atoms with E-state index in [0.717, 1.165) is 35.6 Å². The summed E-state index contributed by atoms with van der Waals surface area (Å²) in [4.78, 5) is 8.82. The van der Waals surface area contributed by atoms with E-state index in [4.69, 9.17) is 0 Å². The van der Waals surface area contributed by atoms with Crippen LogP contribution in [0.25, 0.3) is 0 Å². The van der Waals surface area contributed by atoms with Crippen molar-refractivity contribution in [2.24, 2.45) is 0 Å². The van der Waals surface area contributed by atoms with Crippen LogP contribution in [0.1, 0.15) is 35.0 Å². The number of aromatic nitrogens is 2. The highest BCUT2D eigenvalue weighted by molar-refractivity contribution is 5.49. The number of aryl methyl sites for hydroxylation is 2. The molecule has 1 aliphatic carbocycles. The number of phenolic OH excluding ortho intramolecular Hbond substituents is 1. The Kier molecular flexibility index (Phi) is 2.85. The fourth-order valence-electron chi connectivity index (χ4n) is 2.62. The molecule has 0 spiro atoms. The zero-order chi connectivity index (χ0) is 13.4. The second-order valence-electron chi connectivity index (χ2n) is 5.03. The predicted octanol–water partition coefficient (Wildman–Crippen LogP) is 2.90. The van der Waals surface area contributed by atoms with Crippen LogP contribution in [0.15, 0.2) is 24.4 Å². The number of hydrogen-bond donors (Lipinski definition) is 2.